The summed E-state index contributed by atoms with van der Waals surface area (Å²) in [4.78, 5) is 7.77. The number of hydrazine groups is 1. The van der Waals surface area contributed by atoms with Crippen LogP contribution in [0.2, 0.25) is 0 Å². The number of hydrogen-bond acceptors (Lipinski definition) is 6. The van der Waals surface area contributed by atoms with E-state index in [1.165, 1.54) is 12.1 Å². The zero-order chi connectivity index (χ0) is 13.1. The largest absolute Gasteiger partial charge is 0.368 e. The minimum atomic E-state index is -0.375. The molecular formula is C11H13FN6. The highest BCUT2D eigenvalue weighted by molar-refractivity contribution is 5.61. The molecule has 18 heavy (non-hydrogen) atoms. The van der Waals surface area contributed by atoms with Gasteiger partial charge in [-0.2, -0.15) is 9.97 Å². The first-order valence-electron chi connectivity index (χ1n) is 5.23. The van der Waals surface area contributed by atoms with Crippen molar-refractivity contribution in [1.82, 2.24) is 9.97 Å². The summed E-state index contributed by atoms with van der Waals surface area (Å²) in [7, 11) is 0. The Morgan fingerprint density at radius 1 is 1.17 bits per heavy atom. The van der Waals surface area contributed by atoms with Gasteiger partial charge in [0.25, 0.3) is 0 Å². The maximum absolute atomic E-state index is 13.6. The van der Waals surface area contributed by atoms with Crippen LogP contribution < -0.4 is 22.3 Å². The standard InChI is InChI=1S/C11H13FN6/c1-6-2-3-7(12)8(4-6)15-9-5-10(18-14)17-11(13)16-9/h2-5H,14H2,1H3,(H4,13,15,16,17,18). The van der Waals surface area contributed by atoms with Gasteiger partial charge >= 0.3 is 0 Å². The zero-order valence-electron chi connectivity index (χ0n) is 9.74. The van der Waals surface area contributed by atoms with E-state index in [-0.39, 0.29) is 11.8 Å². The van der Waals surface area contributed by atoms with Gasteiger partial charge in [-0.05, 0) is 24.6 Å². The average Bonchev–Trinajstić information content (AvgIpc) is 2.33. The van der Waals surface area contributed by atoms with Crippen LogP contribution in [0.5, 0.6) is 0 Å². The smallest absolute Gasteiger partial charge is 0.223 e. The first kappa shape index (κ1) is 12.1. The van der Waals surface area contributed by atoms with Crippen LogP contribution in [0.4, 0.5) is 27.7 Å². The second-order valence-corrected chi connectivity index (χ2v) is 3.75. The van der Waals surface area contributed by atoms with Crippen LogP contribution in [0.3, 0.4) is 0 Å². The number of nitrogens with two attached hydrogens (primary N) is 2. The molecule has 1 aromatic carbocycles. The molecule has 0 aliphatic carbocycles. The lowest BCUT2D eigenvalue weighted by molar-refractivity contribution is 0.631. The summed E-state index contributed by atoms with van der Waals surface area (Å²) >= 11 is 0. The van der Waals surface area contributed by atoms with Gasteiger partial charge in [0, 0.05) is 6.07 Å². The van der Waals surface area contributed by atoms with Crippen LogP contribution in [0, 0.1) is 12.7 Å². The van der Waals surface area contributed by atoms with Crippen molar-refractivity contribution in [3.63, 3.8) is 0 Å². The second-order valence-electron chi connectivity index (χ2n) is 3.75. The van der Waals surface area contributed by atoms with Crippen molar-refractivity contribution in [2.75, 3.05) is 16.5 Å². The monoisotopic (exact) mass is 248 g/mol. The maximum atomic E-state index is 13.6. The third kappa shape index (κ3) is 2.64. The summed E-state index contributed by atoms with van der Waals surface area (Å²) in [5.41, 5.74) is 9.10. The lowest BCUT2D eigenvalue weighted by Gasteiger charge is -2.09. The molecule has 0 bridgehead atoms. The zero-order valence-corrected chi connectivity index (χ0v) is 9.74. The molecule has 6 N–H and O–H groups in total. The van der Waals surface area contributed by atoms with E-state index in [0.717, 1.165) is 5.56 Å². The first-order valence-corrected chi connectivity index (χ1v) is 5.23. The third-order valence-corrected chi connectivity index (χ3v) is 2.28. The molecule has 7 heteroatoms. The number of nitrogens with zero attached hydrogens (tertiary/aromatic N) is 2. The molecule has 0 fully saturated rings. The number of aromatic nitrogens is 2. The van der Waals surface area contributed by atoms with Crippen molar-refractivity contribution in [2.24, 2.45) is 5.84 Å². The highest BCUT2D eigenvalue weighted by Crippen LogP contribution is 2.21. The highest BCUT2D eigenvalue weighted by atomic mass is 19.1. The molecular weight excluding hydrogens is 235 g/mol. The van der Waals surface area contributed by atoms with E-state index < -0.39 is 0 Å². The molecule has 94 valence electrons. The van der Waals surface area contributed by atoms with Gasteiger partial charge in [0.1, 0.15) is 17.5 Å². The van der Waals surface area contributed by atoms with Gasteiger partial charge in [0.15, 0.2) is 0 Å². The van der Waals surface area contributed by atoms with Crippen molar-refractivity contribution in [1.29, 1.82) is 0 Å². The Balaban J connectivity index is 2.33. The van der Waals surface area contributed by atoms with E-state index in [1.807, 2.05) is 6.92 Å². The minimum absolute atomic E-state index is 0.0426. The van der Waals surface area contributed by atoms with Crippen molar-refractivity contribution < 1.29 is 4.39 Å². The van der Waals surface area contributed by atoms with Gasteiger partial charge in [0.2, 0.25) is 5.95 Å². The number of halogens is 1. The molecule has 0 unspecified atom stereocenters. The molecule has 0 aliphatic heterocycles. The second kappa shape index (κ2) is 4.84. The van der Waals surface area contributed by atoms with E-state index in [4.69, 9.17) is 11.6 Å². The average molecular weight is 248 g/mol. The van der Waals surface area contributed by atoms with Crippen LogP contribution in [0.15, 0.2) is 24.3 Å². The normalized spacial score (nSPS) is 10.2. The predicted octanol–water partition coefficient (Wildman–Crippen LogP) is 1.54. The lowest BCUT2D eigenvalue weighted by atomic mass is 10.2. The Kier molecular flexibility index (Phi) is 3.24. The Labute approximate surface area is 103 Å². The van der Waals surface area contributed by atoms with E-state index >= 15 is 0 Å². The fraction of sp³-hybridized carbons (Fsp3) is 0.0909. The van der Waals surface area contributed by atoms with E-state index in [2.05, 4.69) is 20.7 Å². The van der Waals surface area contributed by atoms with Crippen LogP contribution in [-0.2, 0) is 0 Å². The van der Waals surface area contributed by atoms with Gasteiger partial charge in [-0.15, -0.1) is 0 Å². The fourth-order valence-corrected chi connectivity index (χ4v) is 1.48. The van der Waals surface area contributed by atoms with Gasteiger partial charge in [-0.25, -0.2) is 10.2 Å². The van der Waals surface area contributed by atoms with Gasteiger partial charge in [-0.3, -0.25) is 0 Å². The molecule has 0 radical (unpaired) electrons. The van der Waals surface area contributed by atoms with Gasteiger partial charge in [0.05, 0.1) is 5.69 Å². The van der Waals surface area contributed by atoms with Crippen LogP contribution in [-0.4, -0.2) is 9.97 Å². The molecule has 0 aliphatic rings. The Hall–Kier alpha value is -2.41. The maximum Gasteiger partial charge on any atom is 0.223 e. The van der Waals surface area contributed by atoms with Crippen molar-refractivity contribution in [3.8, 4) is 0 Å². The van der Waals surface area contributed by atoms with Gasteiger partial charge in [-0.1, -0.05) is 6.07 Å². The molecule has 0 atom stereocenters. The third-order valence-electron chi connectivity index (χ3n) is 2.28. The summed E-state index contributed by atoms with van der Waals surface area (Å²) in [6.45, 7) is 1.87. The summed E-state index contributed by atoms with van der Waals surface area (Å²) in [5.74, 6) is 5.61. The van der Waals surface area contributed by atoms with Crippen molar-refractivity contribution in [2.45, 2.75) is 6.92 Å². The van der Waals surface area contributed by atoms with Crippen LogP contribution in [0.25, 0.3) is 0 Å². The molecule has 1 heterocycles. The topological polar surface area (TPSA) is 102 Å². The van der Waals surface area contributed by atoms with E-state index in [0.29, 0.717) is 17.3 Å². The van der Waals surface area contributed by atoms with E-state index in [9.17, 15) is 4.39 Å². The first-order chi connectivity index (χ1) is 8.58. The Morgan fingerprint density at radius 3 is 2.61 bits per heavy atom. The molecule has 2 aromatic rings. The molecule has 0 saturated heterocycles. The number of rotatable bonds is 3. The molecule has 2 rings (SSSR count). The molecule has 6 nitrogen and oxygen atoms in total. The van der Waals surface area contributed by atoms with Crippen LogP contribution >= 0.6 is 0 Å². The quantitative estimate of drug-likeness (QED) is 0.485. The number of anilines is 4. The fourth-order valence-electron chi connectivity index (χ4n) is 1.48. The Morgan fingerprint density at radius 2 is 1.89 bits per heavy atom. The number of hydrogen-bond donors (Lipinski definition) is 4. The molecule has 0 amide bonds. The molecule has 1 aromatic heterocycles. The minimum Gasteiger partial charge on any atom is -0.368 e. The van der Waals surface area contributed by atoms with Crippen LogP contribution in [0.1, 0.15) is 5.56 Å². The number of nitrogen functional groups attached to an aromatic ring is 2. The summed E-state index contributed by atoms with van der Waals surface area (Å²) < 4.78 is 13.6. The highest BCUT2D eigenvalue weighted by Gasteiger charge is 2.06. The van der Waals surface area contributed by atoms with Crippen molar-refractivity contribution >= 4 is 23.3 Å². The van der Waals surface area contributed by atoms with Gasteiger partial charge < -0.3 is 16.5 Å². The van der Waals surface area contributed by atoms with E-state index in [1.54, 1.807) is 12.1 Å². The number of aryl methyl sites for hydroxylation is 1. The Bertz CT molecular complexity index is 571. The molecule has 0 saturated carbocycles. The molecule has 0 spiro atoms. The lowest BCUT2D eigenvalue weighted by Crippen LogP contribution is -2.11. The van der Waals surface area contributed by atoms with Crippen molar-refractivity contribution in [3.05, 3.63) is 35.6 Å². The summed E-state index contributed by atoms with van der Waals surface area (Å²) in [5, 5.41) is 2.83. The summed E-state index contributed by atoms with van der Waals surface area (Å²) in [6.07, 6.45) is 0. The number of nitrogens with one attached hydrogen (secondary N) is 2. The number of benzene rings is 1. The SMILES string of the molecule is Cc1ccc(F)c(Nc2cc(NN)nc(N)n2)c1. The predicted molar refractivity (Wildman–Crippen MR) is 68.7 cm³/mol. The summed E-state index contributed by atoms with van der Waals surface area (Å²) in [6, 6.07) is 6.26.